The number of thiol groups is 1. The number of benzene rings is 2. The molecule has 0 aliphatic rings. The molecule has 2 aromatic rings. The van der Waals surface area contributed by atoms with Gasteiger partial charge in [-0.25, -0.2) is 0 Å². The summed E-state index contributed by atoms with van der Waals surface area (Å²) in [5.41, 5.74) is 1.17. The highest BCUT2D eigenvalue weighted by atomic mass is 35.5. The van der Waals surface area contributed by atoms with Crippen LogP contribution in [0.25, 0.3) is 0 Å². The minimum absolute atomic E-state index is 0.220. The molecule has 0 amide bonds. The molecule has 23 heavy (non-hydrogen) atoms. The number of halogens is 1. The van der Waals surface area contributed by atoms with Crippen LogP contribution in [-0.2, 0) is 16.0 Å². The number of esters is 1. The summed E-state index contributed by atoms with van der Waals surface area (Å²) in [6, 6.07) is 14.2. The van der Waals surface area contributed by atoms with Crippen molar-refractivity contribution in [3.63, 3.8) is 0 Å². The molecule has 0 radical (unpaired) electrons. The molecule has 2 rings (SSSR count). The molecule has 1 atom stereocenters. The largest absolute Gasteiger partial charge is 0.465 e. The number of carbonyl (C=O) groups is 2. The first-order valence-corrected chi connectivity index (χ1v) is 8.08. The number of hydrogen-bond donors (Lipinski definition) is 1. The van der Waals surface area contributed by atoms with E-state index in [4.69, 9.17) is 16.3 Å². The van der Waals surface area contributed by atoms with E-state index in [2.05, 4.69) is 12.6 Å². The number of ketones is 1. The zero-order valence-electron chi connectivity index (χ0n) is 12.7. The molecule has 2 aromatic carbocycles. The predicted molar refractivity (Wildman–Crippen MR) is 93.3 cm³/mol. The third-order valence-electron chi connectivity index (χ3n) is 3.39. The number of hydrogen-bond acceptors (Lipinski definition) is 4. The van der Waals surface area contributed by atoms with Gasteiger partial charge in [0.1, 0.15) is 5.92 Å². The Bertz CT molecular complexity index is 701. The van der Waals surface area contributed by atoms with Gasteiger partial charge >= 0.3 is 5.97 Å². The van der Waals surface area contributed by atoms with Crippen LogP contribution in [0.3, 0.4) is 0 Å². The average molecular weight is 349 g/mol. The van der Waals surface area contributed by atoms with Gasteiger partial charge in [0.25, 0.3) is 0 Å². The summed E-state index contributed by atoms with van der Waals surface area (Å²) in [5.74, 6) is -1.82. The van der Waals surface area contributed by atoms with E-state index in [0.29, 0.717) is 9.92 Å². The van der Waals surface area contributed by atoms with Crippen molar-refractivity contribution in [2.24, 2.45) is 5.92 Å². The summed E-state index contributed by atoms with van der Waals surface area (Å²) >= 11 is 10.3. The molecule has 5 heteroatoms. The predicted octanol–water partition coefficient (Wildman–Crippen LogP) is 4.23. The Morgan fingerprint density at radius 1 is 1.17 bits per heavy atom. The average Bonchev–Trinajstić information content (AvgIpc) is 2.55. The SMILES string of the molecule is CCOC(=O)C(Cc1ccccc1)C(=O)c1cc(S)ccc1Cl. The molecule has 0 bridgehead atoms. The van der Waals surface area contributed by atoms with Crippen molar-refractivity contribution in [2.45, 2.75) is 18.2 Å². The van der Waals surface area contributed by atoms with Crippen LogP contribution in [0.5, 0.6) is 0 Å². The fourth-order valence-corrected chi connectivity index (χ4v) is 2.68. The topological polar surface area (TPSA) is 43.4 Å². The van der Waals surface area contributed by atoms with Crippen molar-refractivity contribution in [1.82, 2.24) is 0 Å². The first-order valence-electron chi connectivity index (χ1n) is 7.26. The van der Waals surface area contributed by atoms with Crippen molar-refractivity contribution in [3.05, 3.63) is 64.7 Å². The van der Waals surface area contributed by atoms with Crippen LogP contribution in [0, 0.1) is 5.92 Å². The van der Waals surface area contributed by atoms with E-state index < -0.39 is 11.9 Å². The van der Waals surface area contributed by atoms with Gasteiger partial charge in [-0.15, -0.1) is 12.6 Å². The fourth-order valence-electron chi connectivity index (χ4n) is 2.27. The highest BCUT2D eigenvalue weighted by Gasteiger charge is 2.30. The maximum atomic E-state index is 12.8. The zero-order chi connectivity index (χ0) is 16.8. The van der Waals surface area contributed by atoms with E-state index in [1.54, 1.807) is 25.1 Å². The van der Waals surface area contributed by atoms with Gasteiger partial charge in [-0.1, -0.05) is 41.9 Å². The summed E-state index contributed by atoms with van der Waals surface area (Å²) in [4.78, 5) is 25.7. The molecule has 3 nitrogen and oxygen atoms in total. The molecule has 0 aliphatic heterocycles. The summed E-state index contributed by atoms with van der Waals surface area (Å²) in [6.45, 7) is 1.93. The van der Waals surface area contributed by atoms with Crippen LogP contribution in [0.2, 0.25) is 5.02 Å². The minimum Gasteiger partial charge on any atom is -0.465 e. The molecule has 0 fully saturated rings. The lowest BCUT2D eigenvalue weighted by atomic mass is 9.91. The molecule has 0 saturated carbocycles. The molecular weight excluding hydrogens is 332 g/mol. The van der Waals surface area contributed by atoms with E-state index in [1.165, 1.54) is 0 Å². The number of Topliss-reactive ketones (excluding diaryl/α,β-unsaturated/α-hetero) is 1. The molecule has 120 valence electrons. The van der Waals surface area contributed by atoms with Crippen LogP contribution >= 0.6 is 24.2 Å². The fraction of sp³-hybridized carbons (Fsp3) is 0.222. The maximum absolute atomic E-state index is 12.8. The highest BCUT2D eigenvalue weighted by Crippen LogP contribution is 2.25. The Morgan fingerprint density at radius 2 is 1.87 bits per heavy atom. The summed E-state index contributed by atoms with van der Waals surface area (Å²) < 4.78 is 5.07. The first kappa shape index (κ1) is 17.6. The second kappa shape index (κ2) is 8.18. The summed E-state index contributed by atoms with van der Waals surface area (Å²) in [7, 11) is 0. The van der Waals surface area contributed by atoms with Gasteiger partial charge in [-0.2, -0.15) is 0 Å². The van der Waals surface area contributed by atoms with Crippen LogP contribution in [-0.4, -0.2) is 18.4 Å². The van der Waals surface area contributed by atoms with Crippen molar-refractivity contribution < 1.29 is 14.3 Å². The van der Waals surface area contributed by atoms with Crippen LogP contribution < -0.4 is 0 Å². The highest BCUT2D eigenvalue weighted by molar-refractivity contribution is 7.80. The zero-order valence-corrected chi connectivity index (χ0v) is 14.3. The quantitative estimate of drug-likeness (QED) is 0.367. The molecule has 0 aliphatic carbocycles. The van der Waals surface area contributed by atoms with Gasteiger partial charge in [0, 0.05) is 10.5 Å². The lowest BCUT2D eigenvalue weighted by molar-refractivity contribution is -0.146. The standard InChI is InChI=1S/C18H17ClO3S/c1-2-22-18(21)15(10-12-6-4-3-5-7-12)17(20)14-11-13(23)8-9-16(14)19/h3-9,11,15,23H,2,10H2,1H3. The molecule has 0 saturated heterocycles. The second-order valence-corrected chi connectivity index (χ2v) is 5.95. The van der Waals surface area contributed by atoms with Gasteiger partial charge < -0.3 is 4.74 Å². The third-order valence-corrected chi connectivity index (χ3v) is 3.99. The molecular formula is C18H17ClO3S. The van der Waals surface area contributed by atoms with Crippen LogP contribution in [0.1, 0.15) is 22.8 Å². The van der Waals surface area contributed by atoms with Crippen molar-refractivity contribution in [3.8, 4) is 0 Å². The minimum atomic E-state index is -0.926. The Balaban J connectivity index is 2.34. The van der Waals surface area contributed by atoms with Gasteiger partial charge in [0.2, 0.25) is 0 Å². The van der Waals surface area contributed by atoms with Gasteiger partial charge in [0.15, 0.2) is 5.78 Å². The van der Waals surface area contributed by atoms with Crippen LogP contribution in [0.15, 0.2) is 53.4 Å². The van der Waals surface area contributed by atoms with Gasteiger partial charge in [-0.05, 0) is 37.1 Å². The van der Waals surface area contributed by atoms with E-state index in [-0.39, 0.29) is 24.4 Å². The third kappa shape index (κ3) is 4.60. The van der Waals surface area contributed by atoms with Crippen LogP contribution in [0.4, 0.5) is 0 Å². The van der Waals surface area contributed by atoms with Crippen molar-refractivity contribution in [1.29, 1.82) is 0 Å². The van der Waals surface area contributed by atoms with E-state index in [0.717, 1.165) is 5.56 Å². The van der Waals surface area contributed by atoms with E-state index in [1.807, 2.05) is 30.3 Å². The normalized spacial score (nSPS) is 11.8. The number of rotatable bonds is 6. The molecule has 0 spiro atoms. The van der Waals surface area contributed by atoms with E-state index in [9.17, 15) is 9.59 Å². The Hall–Kier alpha value is -1.78. The lowest BCUT2D eigenvalue weighted by Crippen LogP contribution is -2.28. The molecule has 0 N–H and O–H groups in total. The number of carbonyl (C=O) groups excluding carboxylic acids is 2. The Morgan fingerprint density at radius 3 is 2.52 bits per heavy atom. The van der Waals surface area contributed by atoms with Gasteiger partial charge in [-0.3, -0.25) is 9.59 Å². The monoisotopic (exact) mass is 348 g/mol. The molecule has 0 heterocycles. The maximum Gasteiger partial charge on any atom is 0.317 e. The molecule has 0 aromatic heterocycles. The van der Waals surface area contributed by atoms with E-state index >= 15 is 0 Å². The smallest absolute Gasteiger partial charge is 0.317 e. The summed E-state index contributed by atoms with van der Waals surface area (Å²) in [6.07, 6.45) is 0.269. The molecule has 1 unspecified atom stereocenters. The lowest BCUT2D eigenvalue weighted by Gasteiger charge is -2.16. The van der Waals surface area contributed by atoms with Gasteiger partial charge in [0.05, 0.1) is 11.6 Å². The van der Waals surface area contributed by atoms with Crippen molar-refractivity contribution >= 4 is 36.0 Å². The second-order valence-electron chi connectivity index (χ2n) is 5.02. The summed E-state index contributed by atoms with van der Waals surface area (Å²) in [5, 5.41) is 0.301. The van der Waals surface area contributed by atoms with Crippen molar-refractivity contribution in [2.75, 3.05) is 6.61 Å². The number of ether oxygens (including phenoxy) is 1. The Labute approximate surface area is 146 Å². The first-order chi connectivity index (χ1) is 11.0. The Kier molecular flexibility index (Phi) is 6.25.